The van der Waals surface area contributed by atoms with E-state index in [1.165, 1.54) is 148 Å². The van der Waals surface area contributed by atoms with Crippen LogP contribution >= 0.6 is 0 Å². The Morgan fingerprint density at radius 1 is 0.328 bits per heavy atom. The largest absolute Gasteiger partial charge is 0.462 e. The van der Waals surface area contributed by atoms with Crippen LogP contribution in [0.3, 0.4) is 0 Å². The Morgan fingerprint density at radius 3 is 0.967 bits per heavy atom. The average Bonchev–Trinajstić information content (AvgIpc) is 3.26. The second-order valence-corrected chi connectivity index (χ2v) is 17.4. The van der Waals surface area contributed by atoms with Crippen molar-refractivity contribution in [3.05, 3.63) is 48.6 Å². The first-order valence-corrected chi connectivity index (χ1v) is 26.1. The van der Waals surface area contributed by atoms with Gasteiger partial charge in [-0.15, -0.1) is 0 Å². The van der Waals surface area contributed by atoms with Crippen LogP contribution in [-0.4, -0.2) is 37.2 Å². The zero-order chi connectivity index (χ0) is 44.4. The maximum atomic E-state index is 12.8. The lowest BCUT2D eigenvalue weighted by Gasteiger charge is -2.18. The standard InChI is InChI=1S/C55H98O6/c1-4-7-10-13-16-18-20-22-24-26-28-30-31-33-35-37-39-42-45-48-54(57)60-51-52(50-59-53(56)47-44-41-15-12-9-6-3)61-55(58)49-46-43-40-38-36-34-32-29-27-25-23-21-19-17-14-11-8-5-2/h16,18,22,24-25,27-28,30,52H,4-15,17,19-21,23,26,29,31-51H2,1-3H3/b18-16-,24-22-,27-25-,30-28-. The summed E-state index contributed by atoms with van der Waals surface area (Å²) in [6.07, 6.45) is 59.7. The van der Waals surface area contributed by atoms with Gasteiger partial charge >= 0.3 is 17.9 Å². The van der Waals surface area contributed by atoms with Gasteiger partial charge in [-0.1, -0.05) is 211 Å². The molecule has 0 saturated heterocycles. The predicted molar refractivity (Wildman–Crippen MR) is 261 cm³/mol. The molecule has 0 aliphatic rings. The molecule has 0 aromatic carbocycles. The van der Waals surface area contributed by atoms with Gasteiger partial charge in [0.2, 0.25) is 0 Å². The third kappa shape index (κ3) is 48.3. The van der Waals surface area contributed by atoms with Gasteiger partial charge in [0.25, 0.3) is 0 Å². The van der Waals surface area contributed by atoms with Crippen LogP contribution in [0.15, 0.2) is 48.6 Å². The van der Waals surface area contributed by atoms with Crippen molar-refractivity contribution >= 4 is 17.9 Å². The number of hydrogen-bond acceptors (Lipinski definition) is 6. The molecule has 6 heteroatoms. The van der Waals surface area contributed by atoms with Gasteiger partial charge in [-0.05, 0) is 83.5 Å². The van der Waals surface area contributed by atoms with E-state index in [-0.39, 0.29) is 31.1 Å². The molecule has 0 fully saturated rings. The van der Waals surface area contributed by atoms with Gasteiger partial charge in [-0.2, -0.15) is 0 Å². The summed E-state index contributed by atoms with van der Waals surface area (Å²) in [6.45, 7) is 6.55. The van der Waals surface area contributed by atoms with Crippen LogP contribution < -0.4 is 0 Å². The molecule has 354 valence electrons. The maximum absolute atomic E-state index is 12.8. The van der Waals surface area contributed by atoms with Gasteiger partial charge in [0.15, 0.2) is 6.10 Å². The third-order valence-electron chi connectivity index (χ3n) is 11.3. The first-order chi connectivity index (χ1) is 30.0. The Morgan fingerprint density at radius 2 is 0.590 bits per heavy atom. The molecule has 0 aliphatic heterocycles. The fourth-order valence-electron chi connectivity index (χ4n) is 7.33. The summed E-state index contributed by atoms with van der Waals surface area (Å²) in [4.78, 5) is 37.8. The van der Waals surface area contributed by atoms with Crippen molar-refractivity contribution in [2.75, 3.05) is 13.2 Å². The molecule has 1 unspecified atom stereocenters. The number of carbonyl (C=O) groups is 3. The molecular weight excluding hydrogens is 757 g/mol. The van der Waals surface area contributed by atoms with Gasteiger partial charge in [0.1, 0.15) is 13.2 Å². The number of hydrogen-bond donors (Lipinski definition) is 0. The molecule has 0 aliphatic carbocycles. The molecule has 0 amide bonds. The van der Waals surface area contributed by atoms with Gasteiger partial charge in [-0.25, -0.2) is 0 Å². The summed E-state index contributed by atoms with van der Waals surface area (Å²) in [5, 5.41) is 0. The van der Waals surface area contributed by atoms with Gasteiger partial charge in [-0.3, -0.25) is 14.4 Å². The third-order valence-corrected chi connectivity index (χ3v) is 11.3. The highest BCUT2D eigenvalue weighted by Crippen LogP contribution is 2.14. The molecular formula is C55H98O6. The number of allylic oxidation sites excluding steroid dienone is 8. The number of carbonyl (C=O) groups excluding carboxylic acids is 3. The Bertz CT molecular complexity index is 1070. The minimum Gasteiger partial charge on any atom is -0.462 e. The average molecular weight is 855 g/mol. The molecule has 0 rings (SSSR count). The van der Waals surface area contributed by atoms with Crippen molar-refractivity contribution < 1.29 is 28.6 Å². The fraction of sp³-hybridized carbons (Fsp3) is 0.800. The molecule has 6 nitrogen and oxygen atoms in total. The van der Waals surface area contributed by atoms with E-state index in [0.717, 1.165) is 77.0 Å². The number of ether oxygens (including phenoxy) is 3. The second-order valence-electron chi connectivity index (χ2n) is 17.4. The number of esters is 3. The van der Waals surface area contributed by atoms with Crippen LogP contribution in [0, 0.1) is 0 Å². The quantitative estimate of drug-likeness (QED) is 0.0263. The first-order valence-electron chi connectivity index (χ1n) is 26.1. The Kier molecular flexibility index (Phi) is 47.9. The van der Waals surface area contributed by atoms with Gasteiger partial charge in [0.05, 0.1) is 0 Å². The highest BCUT2D eigenvalue weighted by atomic mass is 16.6. The fourth-order valence-corrected chi connectivity index (χ4v) is 7.33. The predicted octanol–water partition coefficient (Wildman–Crippen LogP) is 17.1. The molecule has 61 heavy (non-hydrogen) atoms. The van der Waals surface area contributed by atoms with Crippen molar-refractivity contribution in [3.63, 3.8) is 0 Å². The second kappa shape index (κ2) is 50.0. The number of unbranched alkanes of at least 4 members (excludes halogenated alkanes) is 28. The molecule has 0 bridgehead atoms. The van der Waals surface area contributed by atoms with Crippen LogP contribution in [0.5, 0.6) is 0 Å². The minimum atomic E-state index is -0.776. The highest BCUT2D eigenvalue weighted by molar-refractivity contribution is 5.71. The summed E-state index contributed by atoms with van der Waals surface area (Å²) >= 11 is 0. The van der Waals surface area contributed by atoms with E-state index in [2.05, 4.69) is 69.4 Å². The van der Waals surface area contributed by atoms with E-state index in [1.54, 1.807) is 0 Å². The van der Waals surface area contributed by atoms with E-state index in [4.69, 9.17) is 14.2 Å². The molecule has 0 N–H and O–H groups in total. The topological polar surface area (TPSA) is 78.9 Å². The van der Waals surface area contributed by atoms with E-state index in [1.807, 2.05) is 0 Å². The molecule has 0 saturated carbocycles. The zero-order valence-electron chi connectivity index (χ0n) is 40.4. The molecule has 0 aromatic rings. The highest BCUT2D eigenvalue weighted by Gasteiger charge is 2.19. The van der Waals surface area contributed by atoms with Crippen molar-refractivity contribution in [2.45, 2.75) is 271 Å². The summed E-state index contributed by atoms with van der Waals surface area (Å²) in [6, 6.07) is 0. The Balaban J connectivity index is 4.23. The zero-order valence-corrected chi connectivity index (χ0v) is 40.4. The molecule has 0 radical (unpaired) electrons. The summed E-state index contributed by atoms with van der Waals surface area (Å²) in [5.41, 5.74) is 0. The van der Waals surface area contributed by atoms with Gasteiger partial charge in [0, 0.05) is 19.3 Å². The Hall–Kier alpha value is -2.63. The minimum absolute atomic E-state index is 0.0786. The summed E-state index contributed by atoms with van der Waals surface area (Å²) < 4.78 is 16.7. The Labute approximate surface area is 378 Å². The van der Waals surface area contributed by atoms with Crippen molar-refractivity contribution in [1.82, 2.24) is 0 Å². The lowest BCUT2D eigenvalue weighted by atomic mass is 10.1. The first kappa shape index (κ1) is 58.4. The molecule has 0 heterocycles. The van der Waals surface area contributed by atoms with Crippen LogP contribution in [0.25, 0.3) is 0 Å². The lowest BCUT2D eigenvalue weighted by molar-refractivity contribution is -0.167. The summed E-state index contributed by atoms with van der Waals surface area (Å²) in [5.74, 6) is -0.899. The smallest absolute Gasteiger partial charge is 0.306 e. The van der Waals surface area contributed by atoms with Crippen molar-refractivity contribution in [1.29, 1.82) is 0 Å². The van der Waals surface area contributed by atoms with Crippen LogP contribution in [0.2, 0.25) is 0 Å². The van der Waals surface area contributed by atoms with E-state index >= 15 is 0 Å². The SMILES string of the molecule is CCCCC/C=C\C/C=C\C/C=C\CCCCCCCCC(=O)OCC(COC(=O)CCCCCCCC)OC(=O)CCCCCCCCC/C=C\CCCCCCCCC. The van der Waals surface area contributed by atoms with Crippen LogP contribution in [-0.2, 0) is 28.6 Å². The maximum Gasteiger partial charge on any atom is 0.306 e. The van der Waals surface area contributed by atoms with Gasteiger partial charge < -0.3 is 14.2 Å². The van der Waals surface area contributed by atoms with Crippen molar-refractivity contribution in [2.24, 2.45) is 0 Å². The van der Waals surface area contributed by atoms with Crippen LogP contribution in [0.4, 0.5) is 0 Å². The number of rotatable bonds is 47. The van der Waals surface area contributed by atoms with E-state index in [0.29, 0.717) is 19.3 Å². The molecule has 0 spiro atoms. The van der Waals surface area contributed by atoms with Crippen LogP contribution in [0.1, 0.15) is 265 Å². The normalized spacial score (nSPS) is 12.4. The lowest BCUT2D eigenvalue weighted by Crippen LogP contribution is -2.30. The summed E-state index contributed by atoms with van der Waals surface area (Å²) in [7, 11) is 0. The van der Waals surface area contributed by atoms with E-state index in [9.17, 15) is 14.4 Å². The molecule has 0 aromatic heterocycles. The molecule has 1 atom stereocenters. The monoisotopic (exact) mass is 855 g/mol. The van der Waals surface area contributed by atoms with E-state index < -0.39 is 6.10 Å². The van der Waals surface area contributed by atoms with Crippen molar-refractivity contribution in [3.8, 4) is 0 Å².